The summed E-state index contributed by atoms with van der Waals surface area (Å²) in [6.07, 6.45) is 3.67. The number of aromatic nitrogens is 1. The second-order valence-electron chi connectivity index (χ2n) is 8.91. The average Bonchev–Trinajstić information content (AvgIpc) is 3.11. The summed E-state index contributed by atoms with van der Waals surface area (Å²) in [4.78, 5) is 18.3. The minimum atomic E-state index is -1.48. The number of nitrogens with one attached hydrogen (secondary N) is 1. The lowest BCUT2D eigenvalue weighted by molar-refractivity contribution is -0.328. The summed E-state index contributed by atoms with van der Waals surface area (Å²) >= 11 is 1.26. The zero-order valence-electron chi connectivity index (χ0n) is 15.5. The average molecular weight is 410 g/mol. The number of Topliss-reactive ketones (excluding diaryl/α,β-unsaturated/α-hetero) is 1. The standard InChI is InChI=1S/C19H26N2O6S/c22-8-12-14(23)16(25)27-18(26-12)21-17-20-7-13(28-17)15(24)19-4-9-1-10(5-19)3-11(2-9)6-19/h7,9-12,14,16,18,22-23,25H,1-6,8H2,(H,20,21)/t9?,10?,11?,12?,14-,16?,18+,19?/m1/s1. The fourth-order valence-corrected chi connectivity index (χ4v) is 6.96. The van der Waals surface area contributed by atoms with E-state index in [1.807, 2.05) is 0 Å². The molecule has 4 aliphatic carbocycles. The predicted molar refractivity (Wildman–Crippen MR) is 99.5 cm³/mol. The lowest BCUT2D eigenvalue weighted by Crippen LogP contribution is -2.53. The van der Waals surface area contributed by atoms with Crippen molar-refractivity contribution in [3.8, 4) is 0 Å². The van der Waals surface area contributed by atoms with E-state index in [0.29, 0.717) is 27.8 Å². The van der Waals surface area contributed by atoms with Crippen LogP contribution in [0.1, 0.15) is 48.2 Å². The Bertz CT molecular complexity index is 719. The van der Waals surface area contributed by atoms with E-state index in [-0.39, 0.29) is 11.2 Å². The van der Waals surface area contributed by atoms with Crippen LogP contribution in [0.2, 0.25) is 0 Å². The molecule has 1 aromatic heterocycles. The molecule has 2 unspecified atom stereocenters. The molecule has 0 spiro atoms. The highest BCUT2D eigenvalue weighted by atomic mass is 32.1. The van der Waals surface area contributed by atoms with Gasteiger partial charge in [-0.2, -0.15) is 0 Å². The number of thiazole rings is 1. The van der Waals surface area contributed by atoms with Crippen LogP contribution in [0.5, 0.6) is 0 Å². The number of aliphatic hydroxyl groups excluding tert-OH is 3. The maximum Gasteiger partial charge on any atom is 0.242 e. The van der Waals surface area contributed by atoms with Crippen LogP contribution in [0.15, 0.2) is 6.20 Å². The first-order valence-electron chi connectivity index (χ1n) is 10.0. The molecule has 5 aliphatic rings. The monoisotopic (exact) mass is 410 g/mol. The second-order valence-corrected chi connectivity index (χ2v) is 9.94. The Kier molecular flexibility index (Phi) is 4.72. The van der Waals surface area contributed by atoms with Gasteiger partial charge in [-0.05, 0) is 56.3 Å². The second kappa shape index (κ2) is 7.00. The van der Waals surface area contributed by atoms with Crippen molar-refractivity contribution in [1.29, 1.82) is 0 Å². The SMILES string of the molecule is O=C(c1cnc(N[C@@H]2OC(O)[C@H](O)C(CO)O2)s1)C12CC3CC(CC(C3)C1)C2. The molecule has 9 heteroatoms. The van der Waals surface area contributed by atoms with E-state index in [4.69, 9.17) is 9.47 Å². The summed E-state index contributed by atoms with van der Waals surface area (Å²) < 4.78 is 10.5. The highest BCUT2D eigenvalue weighted by molar-refractivity contribution is 7.17. The van der Waals surface area contributed by atoms with E-state index >= 15 is 0 Å². The summed E-state index contributed by atoms with van der Waals surface area (Å²) in [5.74, 6) is 2.32. The van der Waals surface area contributed by atoms with Crippen molar-refractivity contribution in [2.24, 2.45) is 23.2 Å². The third kappa shape index (κ3) is 3.18. The zero-order chi connectivity index (χ0) is 19.5. The summed E-state index contributed by atoms with van der Waals surface area (Å²) in [5.41, 5.74) is -0.210. The van der Waals surface area contributed by atoms with Gasteiger partial charge in [-0.25, -0.2) is 4.98 Å². The first-order chi connectivity index (χ1) is 13.5. The Morgan fingerprint density at radius 1 is 1.18 bits per heavy atom. The topological polar surface area (TPSA) is 121 Å². The van der Waals surface area contributed by atoms with Gasteiger partial charge in [-0.15, -0.1) is 0 Å². The Morgan fingerprint density at radius 2 is 1.82 bits per heavy atom. The third-order valence-electron chi connectivity index (χ3n) is 6.91. The fourth-order valence-electron chi connectivity index (χ4n) is 6.08. The molecule has 0 radical (unpaired) electrons. The summed E-state index contributed by atoms with van der Waals surface area (Å²) in [7, 11) is 0. The molecule has 154 valence electrons. The van der Waals surface area contributed by atoms with Gasteiger partial charge in [-0.3, -0.25) is 4.79 Å². The van der Waals surface area contributed by atoms with E-state index in [0.717, 1.165) is 19.3 Å². The highest BCUT2D eigenvalue weighted by Crippen LogP contribution is 2.61. The fraction of sp³-hybridized carbons (Fsp3) is 0.789. The quantitative estimate of drug-likeness (QED) is 0.537. The summed E-state index contributed by atoms with van der Waals surface area (Å²) in [6, 6.07) is 0. The smallest absolute Gasteiger partial charge is 0.242 e. The van der Waals surface area contributed by atoms with E-state index < -0.39 is 31.5 Å². The molecule has 8 nitrogen and oxygen atoms in total. The zero-order valence-corrected chi connectivity index (χ0v) is 16.3. The number of rotatable bonds is 5. The number of carbonyl (C=O) groups is 1. The Hall–Kier alpha value is -1.10. The molecule has 0 aromatic carbocycles. The molecule has 0 amide bonds. The first kappa shape index (κ1) is 18.9. The van der Waals surface area contributed by atoms with Gasteiger partial charge in [0.1, 0.15) is 12.2 Å². The molecule has 1 aliphatic heterocycles. The Labute approximate surface area is 166 Å². The minimum absolute atomic E-state index is 0.210. The molecule has 4 bridgehead atoms. The molecule has 28 heavy (non-hydrogen) atoms. The van der Waals surface area contributed by atoms with E-state index in [1.54, 1.807) is 6.20 Å². The lowest BCUT2D eigenvalue weighted by atomic mass is 9.48. The van der Waals surface area contributed by atoms with Crippen LogP contribution in [-0.4, -0.2) is 57.6 Å². The van der Waals surface area contributed by atoms with Crippen molar-refractivity contribution in [3.63, 3.8) is 0 Å². The molecule has 4 atom stereocenters. The molecular formula is C19H26N2O6S. The van der Waals surface area contributed by atoms with Gasteiger partial charge in [0.25, 0.3) is 0 Å². The van der Waals surface area contributed by atoms with Gasteiger partial charge >= 0.3 is 0 Å². The normalized spacial score (nSPS) is 44.6. The number of carbonyl (C=O) groups excluding carboxylic acids is 1. The van der Waals surface area contributed by atoms with Crippen LogP contribution in [0.3, 0.4) is 0 Å². The van der Waals surface area contributed by atoms with Crippen molar-refractivity contribution < 1.29 is 29.6 Å². The maximum absolute atomic E-state index is 13.4. The predicted octanol–water partition coefficient (Wildman–Crippen LogP) is 1.32. The molecule has 4 N–H and O–H groups in total. The van der Waals surface area contributed by atoms with Gasteiger partial charge in [0, 0.05) is 5.41 Å². The van der Waals surface area contributed by atoms with E-state index in [1.165, 1.54) is 30.6 Å². The van der Waals surface area contributed by atoms with E-state index in [9.17, 15) is 20.1 Å². The molecule has 2 heterocycles. The number of nitrogens with zero attached hydrogens (tertiary/aromatic N) is 1. The highest BCUT2D eigenvalue weighted by Gasteiger charge is 2.54. The lowest BCUT2D eigenvalue weighted by Gasteiger charge is -2.55. The minimum Gasteiger partial charge on any atom is -0.394 e. The number of ether oxygens (including phenoxy) is 2. The van der Waals surface area contributed by atoms with Gasteiger partial charge in [0.2, 0.25) is 6.41 Å². The molecule has 5 fully saturated rings. The van der Waals surface area contributed by atoms with Crippen LogP contribution < -0.4 is 5.32 Å². The molecular weight excluding hydrogens is 384 g/mol. The van der Waals surface area contributed by atoms with Crippen molar-refractivity contribution in [3.05, 3.63) is 11.1 Å². The van der Waals surface area contributed by atoms with Crippen LogP contribution in [-0.2, 0) is 9.47 Å². The van der Waals surface area contributed by atoms with Gasteiger partial charge in [0.15, 0.2) is 17.2 Å². The van der Waals surface area contributed by atoms with Gasteiger partial charge < -0.3 is 30.1 Å². The largest absolute Gasteiger partial charge is 0.394 e. The Morgan fingerprint density at radius 3 is 2.43 bits per heavy atom. The van der Waals surface area contributed by atoms with Crippen LogP contribution >= 0.6 is 11.3 Å². The van der Waals surface area contributed by atoms with Crippen LogP contribution in [0, 0.1) is 23.2 Å². The number of aliphatic hydroxyl groups is 3. The number of hydrogen-bond acceptors (Lipinski definition) is 9. The molecule has 1 saturated heterocycles. The number of ketones is 1. The summed E-state index contributed by atoms with van der Waals surface area (Å²) in [5, 5.41) is 32.0. The maximum atomic E-state index is 13.4. The molecule has 4 saturated carbocycles. The van der Waals surface area contributed by atoms with E-state index in [2.05, 4.69) is 10.3 Å². The van der Waals surface area contributed by atoms with Crippen molar-refractivity contribution in [2.45, 2.75) is 63.4 Å². The molecule has 6 rings (SSSR count). The Balaban J connectivity index is 1.28. The van der Waals surface area contributed by atoms with Crippen LogP contribution in [0.4, 0.5) is 5.13 Å². The van der Waals surface area contributed by atoms with Gasteiger partial charge in [-0.1, -0.05) is 11.3 Å². The third-order valence-corrected chi connectivity index (χ3v) is 7.83. The van der Waals surface area contributed by atoms with Crippen molar-refractivity contribution in [1.82, 2.24) is 4.98 Å². The van der Waals surface area contributed by atoms with Crippen molar-refractivity contribution >= 4 is 22.3 Å². The number of hydrogen-bond donors (Lipinski definition) is 4. The molecule has 1 aromatic rings. The van der Waals surface area contributed by atoms with Gasteiger partial charge in [0.05, 0.1) is 17.7 Å². The number of anilines is 1. The first-order valence-corrected chi connectivity index (χ1v) is 10.8. The van der Waals surface area contributed by atoms with Crippen molar-refractivity contribution in [2.75, 3.05) is 11.9 Å². The summed E-state index contributed by atoms with van der Waals surface area (Å²) in [6.45, 7) is -0.451. The van der Waals surface area contributed by atoms with Crippen LogP contribution in [0.25, 0.3) is 0 Å².